The average molecular weight is 353 g/mol. The van der Waals surface area contributed by atoms with Crippen LogP contribution in [0, 0.1) is 5.92 Å². The van der Waals surface area contributed by atoms with Crippen molar-refractivity contribution >= 4 is 33.6 Å². The first-order valence-corrected chi connectivity index (χ1v) is 6.25. The molecule has 0 aliphatic carbocycles. The van der Waals surface area contributed by atoms with Crippen molar-refractivity contribution in [3.05, 3.63) is 22.3 Å². The molecule has 2 rings (SSSR count). The molecule has 0 aromatic carbocycles. The number of hydrogen-bond donors (Lipinski definition) is 1. The van der Waals surface area contributed by atoms with E-state index in [2.05, 4.69) is 20.9 Å². The van der Waals surface area contributed by atoms with E-state index in [9.17, 15) is 22.8 Å². The van der Waals surface area contributed by atoms with Crippen LogP contribution in [0.1, 0.15) is 12.0 Å². The maximum atomic E-state index is 12.8. The molecule has 1 aliphatic heterocycles. The van der Waals surface area contributed by atoms with Crippen LogP contribution in [0.4, 0.5) is 19.0 Å². The predicted octanol–water partition coefficient (Wildman–Crippen LogP) is 2.30. The Kier molecular flexibility index (Phi) is 3.72. The lowest BCUT2D eigenvalue weighted by atomic mass is 10.1. The highest BCUT2D eigenvalue weighted by Gasteiger charge is 2.38. The van der Waals surface area contributed by atoms with Crippen LogP contribution in [0.5, 0.6) is 0 Å². The van der Waals surface area contributed by atoms with Crippen LogP contribution in [0.2, 0.25) is 0 Å². The predicted molar refractivity (Wildman–Crippen MR) is 65.0 cm³/mol. The Morgan fingerprint density at radius 3 is 2.65 bits per heavy atom. The van der Waals surface area contributed by atoms with Gasteiger partial charge in [0.2, 0.25) is 5.91 Å². The van der Waals surface area contributed by atoms with Gasteiger partial charge in [0.05, 0.1) is 11.5 Å². The van der Waals surface area contributed by atoms with Gasteiger partial charge in [-0.15, -0.1) is 0 Å². The molecule has 108 valence electrons. The third-order valence-corrected chi connectivity index (χ3v) is 3.53. The molecular formula is C11H8BrF3N2O3. The van der Waals surface area contributed by atoms with E-state index in [-0.39, 0.29) is 23.3 Å². The lowest BCUT2D eigenvalue weighted by Crippen LogP contribution is -2.27. The van der Waals surface area contributed by atoms with E-state index in [1.807, 2.05) is 0 Å². The molecule has 1 N–H and O–H groups in total. The van der Waals surface area contributed by atoms with Gasteiger partial charge in [0.25, 0.3) is 0 Å². The molecule has 2 heterocycles. The maximum Gasteiger partial charge on any atom is 0.417 e. The van der Waals surface area contributed by atoms with Crippen LogP contribution in [-0.4, -0.2) is 28.5 Å². The van der Waals surface area contributed by atoms with Gasteiger partial charge in [0, 0.05) is 23.6 Å². The summed E-state index contributed by atoms with van der Waals surface area (Å²) in [7, 11) is 0. The van der Waals surface area contributed by atoms with Crippen molar-refractivity contribution in [1.29, 1.82) is 0 Å². The largest absolute Gasteiger partial charge is 0.481 e. The number of carboxylic acids is 1. The molecule has 1 aromatic heterocycles. The number of carbonyl (C=O) groups is 2. The standard InChI is InChI=1S/C11H8BrF3N2O3/c12-7-3-16-8(2-6(7)11(13,14)15)17-4-5(10(19)20)1-9(17)18/h2-3,5H,1,4H2,(H,19,20). The normalized spacial score (nSPS) is 19.5. The second-order valence-corrected chi connectivity index (χ2v) is 5.12. The van der Waals surface area contributed by atoms with Crippen LogP contribution >= 0.6 is 15.9 Å². The molecule has 5 nitrogen and oxygen atoms in total. The van der Waals surface area contributed by atoms with Gasteiger partial charge in [-0.25, -0.2) is 4.98 Å². The molecule has 1 fully saturated rings. The van der Waals surface area contributed by atoms with Gasteiger partial charge in [-0.2, -0.15) is 13.2 Å². The number of amides is 1. The summed E-state index contributed by atoms with van der Waals surface area (Å²) in [5.74, 6) is -2.84. The Morgan fingerprint density at radius 1 is 1.50 bits per heavy atom. The minimum Gasteiger partial charge on any atom is -0.481 e. The van der Waals surface area contributed by atoms with E-state index in [0.717, 1.165) is 17.2 Å². The van der Waals surface area contributed by atoms with Crippen molar-refractivity contribution in [3.63, 3.8) is 0 Å². The first-order valence-electron chi connectivity index (χ1n) is 5.46. The third kappa shape index (κ3) is 2.77. The molecule has 0 bridgehead atoms. The molecule has 0 saturated carbocycles. The van der Waals surface area contributed by atoms with Gasteiger partial charge in [0.15, 0.2) is 0 Å². The van der Waals surface area contributed by atoms with Gasteiger partial charge >= 0.3 is 12.1 Å². The van der Waals surface area contributed by atoms with Crippen LogP contribution < -0.4 is 4.90 Å². The number of rotatable bonds is 2. The fourth-order valence-electron chi connectivity index (χ4n) is 1.89. The summed E-state index contributed by atoms with van der Waals surface area (Å²) in [6.07, 6.45) is -3.89. The average Bonchev–Trinajstić information content (AvgIpc) is 2.71. The number of pyridine rings is 1. The Hall–Kier alpha value is -1.64. The second-order valence-electron chi connectivity index (χ2n) is 4.26. The molecular weight excluding hydrogens is 345 g/mol. The smallest absolute Gasteiger partial charge is 0.417 e. The van der Waals surface area contributed by atoms with E-state index >= 15 is 0 Å². The van der Waals surface area contributed by atoms with E-state index in [1.54, 1.807) is 0 Å². The van der Waals surface area contributed by atoms with Gasteiger partial charge in [-0.1, -0.05) is 0 Å². The van der Waals surface area contributed by atoms with Crippen molar-refractivity contribution in [1.82, 2.24) is 4.98 Å². The molecule has 1 amide bonds. The van der Waals surface area contributed by atoms with Gasteiger partial charge in [0.1, 0.15) is 5.82 Å². The molecule has 0 radical (unpaired) electrons. The number of halogens is 4. The Morgan fingerprint density at radius 2 is 2.15 bits per heavy atom. The molecule has 1 atom stereocenters. The zero-order valence-corrected chi connectivity index (χ0v) is 11.4. The number of hydrogen-bond acceptors (Lipinski definition) is 3. The monoisotopic (exact) mass is 352 g/mol. The van der Waals surface area contributed by atoms with Crippen LogP contribution in [0.15, 0.2) is 16.7 Å². The number of anilines is 1. The summed E-state index contributed by atoms with van der Waals surface area (Å²) in [6, 6.07) is 0.728. The fourth-order valence-corrected chi connectivity index (χ4v) is 2.33. The lowest BCUT2D eigenvalue weighted by molar-refractivity contribution is -0.141. The topological polar surface area (TPSA) is 70.5 Å². The minimum absolute atomic E-state index is 0.180. The second kappa shape index (κ2) is 5.04. The van der Waals surface area contributed by atoms with Crippen molar-refractivity contribution in [3.8, 4) is 0 Å². The zero-order chi connectivity index (χ0) is 15.1. The van der Waals surface area contributed by atoms with Crippen molar-refractivity contribution < 1.29 is 27.9 Å². The van der Waals surface area contributed by atoms with E-state index in [0.29, 0.717) is 0 Å². The zero-order valence-electron chi connectivity index (χ0n) is 9.82. The Bertz CT molecular complexity index is 577. The highest BCUT2D eigenvalue weighted by Crippen LogP contribution is 2.37. The third-order valence-electron chi connectivity index (χ3n) is 2.90. The molecule has 1 unspecified atom stereocenters. The van der Waals surface area contributed by atoms with Crippen molar-refractivity contribution in [2.24, 2.45) is 5.92 Å². The number of carboxylic acid groups (broad SMARTS) is 1. The van der Waals surface area contributed by atoms with E-state index in [4.69, 9.17) is 5.11 Å². The molecule has 9 heteroatoms. The van der Waals surface area contributed by atoms with Gasteiger partial charge in [-0.05, 0) is 22.0 Å². The molecule has 20 heavy (non-hydrogen) atoms. The van der Waals surface area contributed by atoms with Crippen LogP contribution in [-0.2, 0) is 15.8 Å². The van der Waals surface area contributed by atoms with Crippen molar-refractivity contribution in [2.75, 3.05) is 11.4 Å². The van der Waals surface area contributed by atoms with Crippen LogP contribution in [0.25, 0.3) is 0 Å². The molecule has 1 aliphatic rings. The molecule has 1 aromatic rings. The number of alkyl halides is 3. The number of aliphatic carboxylic acids is 1. The molecule has 1 saturated heterocycles. The highest BCUT2D eigenvalue weighted by molar-refractivity contribution is 9.10. The Balaban J connectivity index is 2.35. The summed E-state index contributed by atoms with van der Waals surface area (Å²) in [5.41, 5.74) is -0.964. The van der Waals surface area contributed by atoms with Gasteiger partial charge < -0.3 is 5.11 Å². The first kappa shape index (κ1) is 14.8. The lowest BCUT2D eigenvalue weighted by Gasteiger charge is -2.17. The van der Waals surface area contributed by atoms with Crippen molar-refractivity contribution in [2.45, 2.75) is 12.6 Å². The SMILES string of the molecule is O=C(O)C1CC(=O)N(c2cc(C(F)(F)F)c(Br)cn2)C1. The fraction of sp³-hybridized carbons (Fsp3) is 0.364. The number of nitrogens with zero attached hydrogens (tertiary/aromatic N) is 2. The van der Waals surface area contributed by atoms with Gasteiger partial charge in [-0.3, -0.25) is 14.5 Å². The minimum atomic E-state index is -4.59. The Labute approximate surface area is 119 Å². The van der Waals surface area contributed by atoms with E-state index in [1.165, 1.54) is 0 Å². The summed E-state index contributed by atoms with van der Waals surface area (Å²) < 4.78 is 38.0. The van der Waals surface area contributed by atoms with E-state index < -0.39 is 29.5 Å². The first-order chi connectivity index (χ1) is 9.20. The number of aromatic nitrogens is 1. The highest BCUT2D eigenvalue weighted by atomic mass is 79.9. The molecule has 0 spiro atoms. The van der Waals surface area contributed by atoms with Crippen LogP contribution in [0.3, 0.4) is 0 Å². The summed E-state index contributed by atoms with van der Waals surface area (Å²) in [6.45, 7) is -0.180. The summed E-state index contributed by atoms with van der Waals surface area (Å²) in [4.78, 5) is 27.2. The quantitative estimate of drug-likeness (QED) is 0.886. The summed E-state index contributed by atoms with van der Waals surface area (Å²) >= 11 is 2.74. The summed E-state index contributed by atoms with van der Waals surface area (Å²) in [5, 5.41) is 8.84. The number of carbonyl (C=O) groups excluding carboxylic acids is 1. The maximum absolute atomic E-state index is 12.8.